The van der Waals surface area contributed by atoms with Crippen LogP contribution in [0.25, 0.3) is 0 Å². The van der Waals surface area contributed by atoms with Gasteiger partial charge in [-0.2, -0.15) is 5.10 Å². The summed E-state index contributed by atoms with van der Waals surface area (Å²) in [5, 5.41) is 7.22. The Hall–Kier alpha value is -1.52. The maximum Gasteiger partial charge on any atom is 0.241 e. The number of hydrogen-bond acceptors (Lipinski definition) is 3. The van der Waals surface area contributed by atoms with Gasteiger partial charge >= 0.3 is 0 Å². The average molecular weight is 250 g/mol. The number of amides is 1. The van der Waals surface area contributed by atoms with E-state index in [1.54, 1.807) is 4.68 Å². The maximum absolute atomic E-state index is 11.8. The van der Waals surface area contributed by atoms with Crippen molar-refractivity contribution >= 4 is 11.6 Å². The highest BCUT2D eigenvalue weighted by molar-refractivity contribution is 5.75. The smallest absolute Gasteiger partial charge is 0.241 e. The summed E-state index contributed by atoms with van der Waals surface area (Å²) in [4.78, 5) is 11.8. The number of hydrogen-bond donors (Lipinski definition) is 2. The Kier molecular flexibility index (Phi) is 3.59. The summed E-state index contributed by atoms with van der Waals surface area (Å²) in [6, 6.07) is 0. The van der Waals surface area contributed by atoms with Gasteiger partial charge in [0.1, 0.15) is 6.54 Å². The number of anilines is 1. The predicted octanol–water partition coefficient (Wildman–Crippen LogP) is 1.24. The lowest BCUT2D eigenvalue weighted by Gasteiger charge is -2.11. The molecule has 5 nitrogen and oxygen atoms in total. The van der Waals surface area contributed by atoms with Gasteiger partial charge in [0.25, 0.3) is 0 Å². The van der Waals surface area contributed by atoms with E-state index < -0.39 is 0 Å². The molecule has 0 aliphatic heterocycles. The number of aryl methyl sites for hydroxylation is 1. The predicted molar refractivity (Wildman–Crippen MR) is 71.0 cm³/mol. The summed E-state index contributed by atoms with van der Waals surface area (Å²) in [5.41, 5.74) is 8.15. The molecule has 1 aromatic heterocycles. The molecule has 1 amide bonds. The van der Waals surface area contributed by atoms with Gasteiger partial charge in [-0.15, -0.1) is 0 Å². The lowest BCUT2D eigenvalue weighted by atomic mass is 10.1. The van der Waals surface area contributed by atoms with Crippen LogP contribution in [-0.2, 0) is 11.3 Å². The molecule has 2 rings (SSSR count). The van der Waals surface area contributed by atoms with Gasteiger partial charge < -0.3 is 11.1 Å². The monoisotopic (exact) mass is 250 g/mol. The quantitative estimate of drug-likeness (QED) is 0.826. The number of nitrogen functional groups attached to an aromatic ring is 1. The van der Waals surface area contributed by atoms with Crippen molar-refractivity contribution < 1.29 is 4.79 Å². The number of carbonyl (C=O) groups excluding carboxylic acids is 1. The minimum Gasteiger partial charge on any atom is -0.396 e. The van der Waals surface area contributed by atoms with E-state index in [0.717, 1.165) is 23.9 Å². The molecule has 1 aromatic rings. The molecule has 0 saturated heterocycles. The minimum atomic E-state index is 0.00750. The number of aromatic nitrogens is 2. The number of carbonyl (C=O) groups is 1. The largest absolute Gasteiger partial charge is 0.396 e. The number of nitrogens with two attached hydrogens (primary N) is 1. The first kappa shape index (κ1) is 12.9. The third-order valence-electron chi connectivity index (χ3n) is 3.78. The first-order valence-electron chi connectivity index (χ1n) is 6.55. The second-order valence-corrected chi connectivity index (χ2v) is 5.36. The van der Waals surface area contributed by atoms with Crippen LogP contribution < -0.4 is 11.1 Å². The van der Waals surface area contributed by atoms with E-state index in [0.29, 0.717) is 11.6 Å². The van der Waals surface area contributed by atoms with E-state index in [-0.39, 0.29) is 12.5 Å². The zero-order chi connectivity index (χ0) is 13.3. The first-order chi connectivity index (χ1) is 8.49. The lowest BCUT2D eigenvalue weighted by molar-refractivity contribution is -0.122. The van der Waals surface area contributed by atoms with Crippen LogP contribution in [0.3, 0.4) is 0 Å². The molecule has 0 spiro atoms. The topological polar surface area (TPSA) is 72.9 Å². The molecule has 0 radical (unpaired) electrons. The molecule has 3 N–H and O–H groups in total. The summed E-state index contributed by atoms with van der Waals surface area (Å²) < 4.78 is 1.67. The van der Waals surface area contributed by atoms with Gasteiger partial charge in [0.2, 0.25) is 5.91 Å². The fourth-order valence-electron chi connectivity index (χ4n) is 2.16. The molecule has 1 saturated carbocycles. The highest BCUT2D eigenvalue weighted by Crippen LogP contribution is 2.36. The Bertz CT molecular complexity index is 448. The van der Waals surface area contributed by atoms with Crippen molar-refractivity contribution in [2.24, 2.45) is 11.8 Å². The van der Waals surface area contributed by atoms with Gasteiger partial charge in [-0.05, 0) is 38.5 Å². The van der Waals surface area contributed by atoms with Gasteiger partial charge in [-0.25, -0.2) is 0 Å². The van der Waals surface area contributed by atoms with E-state index in [4.69, 9.17) is 5.73 Å². The molecular weight excluding hydrogens is 228 g/mol. The summed E-state index contributed by atoms with van der Waals surface area (Å²) in [5.74, 6) is 1.40. The van der Waals surface area contributed by atoms with Crippen LogP contribution in [0.4, 0.5) is 5.69 Å². The highest BCUT2D eigenvalue weighted by atomic mass is 16.2. The second kappa shape index (κ2) is 5.00. The van der Waals surface area contributed by atoms with E-state index >= 15 is 0 Å². The molecule has 1 atom stereocenters. The van der Waals surface area contributed by atoms with Crippen molar-refractivity contribution in [3.63, 3.8) is 0 Å². The zero-order valence-corrected chi connectivity index (χ0v) is 11.4. The maximum atomic E-state index is 11.8. The van der Waals surface area contributed by atoms with Gasteiger partial charge in [0.05, 0.1) is 17.1 Å². The molecule has 1 unspecified atom stereocenters. The van der Waals surface area contributed by atoms with E-state index in [9.17, 15) is 4.79 Å². The molecule has 1 aliphatic rings. The van der Waals surface area contributed by atoms with Crippen molar-refractivity contribution in [3.8, 4) is 0 Å². The van der Waals surface area contributed by atoms with Crippen LogP contribution in [0.1, 0.15) is 31.2 Å². The fraction of sp³-hybridized carbons (Fsp3) is 0.692. The Labute approximate surface area is 108 Å². The SMILES string of the molecule is Cc1nn(CC(=O)NCC(C)C2CC2)c(C)c1N. The van der Waals surface area contributed by atoms with Crippen LogP contribution in [0.15, 0.2) is 0 Å². The van der Waals surface area contributed by atoms with Crippen LogP contribution in [-0.4, -0.2) is 22.2 Å². The van der Waals surface area contributed by atoms with Crippen molar-refractivity contribution in [2.45, 2.75) is 40.2 Å². The van der Waals surface area contributed by atoms with E-state index in [2.05, 4.69) is 17.3 Å². The third-order valence-corrected chi connectivity index (χ3v) is 3.78. The summed E-state index contributed by atoms with van der Waals surface area (Å²) in [6.07, 6.45) is 2.62. The Balaban J connectivity index is 1.84. The molecule has 5 heteroatoms. The highest BCUT2D eigenvalue weighted by Gasteiger charge is 2.27. The lowest BCUT2D eigenvalue weighted by Crippen LogP contribution is -2.32. The second-order valence-electron chi connectivity index (χ2n) is 5.36. The fourth-order valence-corrected chi connectivity index (χ4v) is 2.16. The first-order valence-corrected chi connectivity index (χ1v) is 6.55. The molecule has 0 aromatic carbocycles. The molecule has 1 heterocycles. The third kappa shape index (κ3) is 2.83. The molecule has 100 valence electrons. The van der Waals surface area contributed by atoms with Crippen molar-refractivity contribution in [3.05, 3.63) is 11.4 Å². The van der Waals surface area contributed by atoms with E-state index in [1.165, 1.54) is 12.8 Å². The molecule has 18 heavy (non-hydrogen) atoms. The van der Waals surface area contributed by atoms with Gasteiger partial charge in [0, 0.05) is 6.54 Å². The molecule has 1 fully saturated rings. The minimum absolute atomic E-state index is 0.00750. The average Bonchev–Trinajstić information content (AvgIpc) is 3.13. The van der Waals surface area contributed by atoms with E-state index in [1.807, 2.05) is 13.8 Å². The van der Waals surface area contributed by atoms with Gasteiger partial charge in [-0.1, -0.05) is 6.92 Å². The normalized spacial score (nSPS) is 16.6. The van der Waals surface area contributed by atoms with Crippen molar-refractivity contribution in [1.82, 2.24) is 15.1 Å². The van der Waals surface area contributed by atoms with Crippen LogP contribution in [0.2, 0.25) is 0 Å². The standard InChI is InChI=1S/C13H22N4O/c1-8(11-4-5-11)6-15-12(18)7-17-10(3)13(14)9(2)16-17/h8,11H,4-7,14H2,1-3H3,(H,15,18). The van der Waals surface area contributed by atoms with Crippen molar-refractivity contribution in [2.75, 3.05) is 12.3 Å². The summed E-state index contributed by atoms with van der Waals surface area (Å²) in [7, 11) is 0. The Morgan fingerprint density at radius 3 is 2.72 bits per heavy atom. The molecule has 1 aliphatic carbocycles. The molecular formula is C13H22N4O. The number of nitrogens with one attached hydrogen (secondary N) is 1. The Morgan fingerprint density at radius 1 is 1.56 bits per heavy atom. The van der Waals surface area contributed by atoms with Crippen molar-refractivity contribution in [1.29, 1.82) is 0 Å². The van der Waals surface area contributed by atoms with Crippen LogP contribution in [0.5, 0.6) is 0 Å². The van der Waals surface area contributed by atoms with Crippen LogP contribution in [0, 0.1) is 25.7 Å². The zero-order valence-electron chi connectivity index (χ0n) is 11.4. The number of nitrogens with zero attached hydrogens (tertiary/aromatic N) is 2. The number of rotatable bonds is 5. The van der Waals surface area contributed by atoms with Gasteiger partial charge in [0.15, 0.2) is 0 Å². The Morgan fingerprint density at radius 2 is 2.22 bits per heavy atom. The van der Waals surface area contributed by atoms with Crippen LogP contribution >= 0.6 is 0 Å². The summed E-state index contributed by atoms with van der Waals surface area (Å²) >= 11 is 0. The summed E-state index contributed by atoms with van der Waals surface area (Å²) in [6.45, 7) is 6.94. The van der Waals surface area contributed by atoms with Gasteiger partial charge in [-0.3, -0.25) is 9.48 Å². The molecule has 0 bridgehead atoms.